The molecule has 28 heavy (non-hydrogen) atoms. The molecule has 0 atom stereocenters. The summed E-state index contributed by atoms with van der Waals surface area (Å²) in [5.74, 6) is -0.558. The van der Waals surface area contributed by atoms with E-state index in [9.17, 15) is 21.6 Å². The zero-order valence-corrected chi connectivity index (χ0v) is 18.7. The molecule has 2 rings (SSSR count). The highest BCUT2D eigenvalue weighted by Gasteiger charge is 2.23. The summed E-state index contributed by atoms with van der Waals surface area (Å²) in [5, 5.41) is 2.57. The van der Waals surface area contributed by atoms with Crippen molar-refractivity contribution in [3.63, 3.8) is 0 Å². The number of likely N-dealkylation sites (N-methyl/N-ethyl adjacent to an activating group) is 1. The number of nitrogens with zero attached hydrogens (tertiary/aromatic N) is 1. The molecule has 8 nitrogen and oxygen atoms in total. The molecule has 0 fully saturated rings. The van der Waals surface area contributed by atoms with Gasteiger partial charge in [-0.25, -0.2) is 16.8 Å². The molecule has 0 radical (unpaired) electrons. The topological polar surface area (TPSA) is 113 Å². The Bertz CT molecular complexity index is 1080. The van der Waals surface area contributed by atoms with Gasteiger partial charge in [0.05, 0.1) is 23.4 Å². The van der Waals surface area contributed by atoms with Crippen molar-refractivity contribution < 1.29 is 21.6 Å². The Balaban J connectivity index is 2.11. The number of amides is 1. The number of nitrogens with one attached hydrogen (secondary N) is 2. The average molecular weight is 490 g/mol. The van der Waals surface area contributed by atoms with Gasteiger partial charge in [0.2, 0.25) is 26.0 Å². The van der Waals surface area contributed by atoms with Gasteiger partial charge in [-0.2, -0.15) is 4.31 Å². The van der Waals surface area contributed by atoms with Crippen LogP contribution in [0.4, 0.5) is 11.4 Å². The van der Waals surface area contributed by atoms with Gasteiger partial charge in [-0.1, -0.05) is 22.0 Å². The third-order valence-electron chi connectivity index (χ3n) is 3.70. The normalized spacial score (nSPS) is 12.0. The van der Waals surface area contributed by atoms with Gasteiger partial charge >= 0.3 is 0 Å². The molecule has 0 aromatic heterocycles. The van der Waals surface area contributed by atoms with Crippen molar-refractivity contribution in [2.45, 2.75) is 11.8 Å². The number of benzene rings is 2. The molecule has 0 spiro atoms. The molecule has 0 bridgehead atoms. The summed E-state index contributed by atoms with van der Waals surface area (Å²) in [5.41, 5.74) is 1.35. The lowest BCUT2D eigenvalue weighted by Crippen LogP contribution is -2.35. The van der Waals surface area contributed by atoms with E-state index in [2.05, 4.69) is 26.0 Å². The maximum atomic E-state index is 12.5. The van der Waals surface area contributed by atoms with Crippen molar-refractivity contribution in [2.24, 2.45) is 0 Å². The van der Waals surface area contributed by atoms with Gasteiger partial charge in [0.1, 0.15) is 0 Å². The Morgan fingerprint density at radius 2 is 1.68 bits per heavy atom. The second-order valence-electron chi connectivity index (χ2n) is 6.17. The predicted molar refractivity (Wildman–Crippen MR) is 112 cm³/mol. The van der Waals surface area contributed by atoms with E-state index in [4.69, 9.17) is 0 Å². The molecular formula is C17H20BrN3O5S2. The second kappa shape index (κ2) is 8.60. The van der Waals surface area contributed by atoms with E-state index >= 15 is 0 Å². The highest BCUT2D eigenvalue weighted by atomic mass is 79.9. The highest BCUT2D eigenvalue weighted by molar-refractivity contribution is 9.10. The van der Waals surface area contributed by atoms with E-state index in [0.717, 1.165) is 15.0 Å². The minimum Gasteiger partial charge on any atom is -0.325 e. The molecule has 0 unspecified atom stereocenters. The smallest absolute Gasteiger partial charge is 0.243 e. The maximum absolute atomic E-state index is 12.5. The van der Waals surface area contributed by atoms with Gasteiger partial charge in [0, 0.05) is 17.2 Å². The fraction of sp³-hybridized carbons (Fsp3) is 0.235. The molecule has 0 saturated heterocycles. The molecule has 0 aliphatic heterocycles. The average Bonchev–Trinajstić information content (AvgIpc) is 2.57. The van der Waals surface area contributed by atoms with Gasteiger partial charge in [-0.05, 0) is 48.9 Å². The molecule has 0 aliphatic rings. The lowest BCUT2D eigenvalue weighted by Gasteiger charge is -2.17. The Kier molecular flexibility index (Phi) is 6.86. The molecule has 2 aromatic rings. The first-order valence-electron chi connectivity index (χ1n) is 7.99. The monoisotopic (exact) mass is 489 g/mol. The van der Waals surface area contributed by atoms with Crippen molar-refractivity contribution in [3.8, 4) is 0 Å². The van der Waals surface area contributed by atoms with Gasteiger partial charge < -0.3 is 5.32 Å². The van der Waals surface area contributed by atoms with Gasteiger partial charge in [-0.15, -0.1) is 0 Å². The number of anilines is 2. The fourth-order valence-electron chi connectivity index (χ4n) is 2.28. The van der Waals surface area contributed by atoms with Crippen LogP contribution >= 0.6 is 15.9 Å². The van der Waals surface area contributed by atoms with Crippen LogP contribution in [0.15, 0.2) is 51.8 Å². The maximum Gasteiger partial charge on any atom is 0.243 e. The summed E-state index contributed by atoms with van der Waals surface area (Å²) in [7, 11) is -5.98. The highest BCUT2D eigenvalue weighted by Crippen LogP contribution is 2.22. The Morgan fingerprint density at radius 1 is 1.07 bits per heavy atom. The number of hydrogen-bond acceptors (Lipinski definition) is 5. The largest absolute Gasteiger partial charge is 0.325 e. The lowest BCUT2D eigenvalue weighted by atomic mass is 10.2. The van der Waals surface area contributed by atoms with E-state index in [1.807, 2.05) is 0 Å². The first-order chi connectivity index (χ1) is 12.9. The number of sulfonamides is 2. The molecule has 2 aromatic carbocycles. The number of rotatable bonds is 7. The van der Waals surface area contributed by atoms with Crippen LogP contribution < -0.4 is 10.0 Å². The molecule has 0 saturated carbocycles. The quantitative estimate of drug-likeness (QED) is 0.619. The standard InChI is InChI=1S/C17H20BrN3O5S2/c1-12-4-7-14(10-16(12)20-27(3,23)24)19-17(22)11-21(2)28(25,26)15-8-5-13(18)6-9-15/h4-10,20H,11H2,1-3H3,(H,19,22). The molecule has 0 heterocycles. The molecule has 1 amide bonds. The summed E-state index contributed by atoms with van der Waals surface area (Å²) in [4.78, 5) is 12.3. The number of halogens is 1. The van der Waals surface area contributed by atoms with Gasteiger partial charge in [0.25, 0.3) is 0 Å². The lowest BCUT2D eigenvalue weighted by molar-refractivity contribution is -0.116. The summed E-state index contributed by atoms with van der Waals surface area (Å²) in [6.45, 7) is 1.32. The van der Waals surface area contributed by atoms with E-state index in [1.54, 1.807) is 31.2 Å². The summed E-state index contributed by atoms with van der Waals surface area (Å²) >= 11 is 3.24. The van der Waals surface area contributed by atoms with Crippen LogP contribution in [0.1, 0.15) is 5.56 Å². The third-order valence-corrected chi connectivity index (χ3v) is 6.64. The molecule has 152 valence electrons. The van der Waals surface area contributed by atoms with E-state index in [-0.39, 0.29) is 4.90 Å². The minimum atomic E-state index is -3.82. The third kappa shape index (κ3) is 6.03. The van der Waals surface area contributed by atoms with Crippen molar-refractivity contribution in [1.29, 1.82) is 0 Å². The Hall–Kier alpha value is -1.95. The predicted octanol–water partition coefficient (Wildman–Crippen LogP) is 2.39. The number of hydrogen-bond donors (Lipinski definition) is 2. The van der Waals surface area contributed by atoms with E-state index in [1.165, 1.54) is 25.2 Å². The minimum absolute atomic E-state index is 0.0703. The second-order valence-corrected chi connectivity index (χ2v) is 10.9. The zero-order chi connectivity index (χ0) is 21.1. The first-order valence-corrected chi connectivity index (χ1v) is 12.1. The van der Waals surface area contributed by atoms with Crippen molar-refractivity contribution in [3.05, 3.63) is 52.5 Å². The fourth-order valence-corrected chi connectivity index (χ4v) is 4.29. The van der Waals surface area contributed by atoms with Crippen molar-refractivity contribution in [1.82, 2.24) is 4.31 Å². The molecule has 0 aliphatic carbocycles. The van der Waals surface area contributed by atoms with Crippen LogP contribution in [0, 0.1) is 6.92 Å². The number of aryl methyl sites for hydroxylation is 1. The Morgan fingerprint density at radius 3 is 2.25 bits per heavy atom. The SMILES string of the molecule is Cc1ccc(NC(=O)CN(C)S(=O)(=O)c2ccc(Br)cc2)cc1NS(C)(=O)=O. The molecular weight excluding hydrogens is 470 g/mol. The van der Waals surface area contributed by atoms with E-state index < -0.39 is 32.5 Å². The van der Waals surface area contributed by atoms with Crippen LogP contribution in [0.25, 0.3) is 0 Å². The Labute approximate surface area is 173 Å². The summed E-state index contributed by atoms with van der Waals surface area (Å²) in [6.07, 6.45) is 1.03. The van der Waals surface area contributed by atoms with Crippen LogP contribution in [-0.4, -0.2) is 46.9 Å². The van der Waals surface area contributed by atoms with Gasteiger partial charge in [0.15, 0.2) is 0 Å². The van der Waals surface area contributed by atoms with Crippen molar-refractivity contribution >= 4 is 53.3 Å². The van der Waals surface area contributed by atoms with Gasteiger partial charge in [-0.3, -0.25) is 9.52 Å². The number of carbonyl (C=O) groups is 1. The summed E-state index contributed by atoms with van der Waals surface area (Å²) in [6, 6.07) is 10.8. The van der Waals surface area contributed by atoms with Crippen molar-refractivity contribution in [2.75, 3.05) is 29.9 Å². The molecule has 11 heteroatoms. The number of carbonyl (C=O) groups excluding carboxylic acids is 1. The van der Waals surface area contributed by atoms with Crippen LogP contribution in [0.2, 0.25) is 0 Å². The van der Waals surface area contributed by atoms with Crippen LogP contribution in [0.5, 0.6) is 0 Å². The zero-order valence-electron chi connectivity index (χ0n) is 15.4. The first kappa shape index (κ1) is 22.3. The summed E-state index contributed by atoms with van der Waals surface area (Å²) < 4.78 is 52.0. The molecule has 2 N–H and O–H groups in total. The van der Waals surface area contributed by atoms with Crippen LogP contribution in [-0.2, 0) is 24.8 Å². The van der Waals surface area contributed by atoms with Crippen LogP contribution in [0.3, 0.4) is 0 Å². The van der Waals surface area contributed by atoms with E-state index in [0.29, 0.717) is 16.9 Å².